The fraction of sp³-hybridized carbons (Fsp3) is 0.167. The number of benzene rings is 3. The molecule has 0 radical (unpaired) electrons. The van der Waals surface area contributed by atoms with Gasteiger partial charge in [0, 0.05) is 13.1 Å². The molecule has 3 heterocycles. The van der Waals surface area contributed by atoms with Crippen LogP contribution in [0.1, 0.15) is 19.3 Å². The molecule has 0 aliphatic carbocycles. The molecule has 0 unspecified atom stereocenters. The summed E-state index contributed by atoms with van der Waals surface area (Å²) < 4.78 is 12.4. The van der Waals surface area contributed by atoms with Crippen LogP contribution >= 0.6 is 7.26 Å². The van der Waals surface area contributed by atoms with Crippen molar-refractivity contribution in [1.29, 1.82) is 0 Å². The molecule has 1 saturated heterocycles. The van der Waals surface area contributed by atoms with Crippen molar-refractivity contribution >= 4 is 34.5 Å². The maximum absolute atomic E-state index is 6.62. The van der Waals surface area contributed by atoms with Crippen molar-refractivity contribution in [3.05, 3.63) is 109 Å². The first-order chi connectivity index (χ1) is 17.4. The van der Waals surface area contributed by atoms with Gasteiger partial charge in [0.05, 0.1) is 6.26 Å². The molecule has 35 heavy (non-hydrogen) atoms. The Labute approximate surface area is 206 Å². The molecule has 1 aliphatic rings. The highest BCUT2D eigenvalue weighted by Crippen LogP contribution is 2.56. The molecule has 6 rings (SSSR count). The summed E-state index contributed by atoms with van der Waals surface area (Å²) in [5.41, 5.74) is 1.01. The van der Waals surface area contributed by atoms with Gasteiger partial charge in [-0.2, -0.15) is 4.98 Å². The van der Waals surface area contributed by atoms with Crippen LogP contribution in [0.2, 0.25) is 0 Å². The minimum absolute atomic E-state index is 0.540. The Bertz CT molecular complexity index is 1260. The van der Waals surface area contributed by atoms with Gasteiger partial charge in [-0.1, -0.05) is 54.6 Å². The largest absolute Gasteiger partial charge is 0.459 e. The van der Waals surface area contributed by atoms with Crippen LogP contribution in [0, 0.1) is 0 Å². The predicted molar refractivity (Wildman–Crippen MR) is 145 cm³/mol. The fourth-order valence-electron chi connectivity index (χ4n) is 5.10. The van der Waals surface area contributed by atoms with Gasteiger partial charge in [-0.25, -0.2) is 0 Å². The summed E-state index contributed by atoms with van der Waals surface area (Å²) in [4.78, 5) is 7.67. The Morgan fingerprint density at radius 1 is 0.629 bits per heavy atom. The van der Waals surface area contributed by atoms with Gasteiger partial charge < -0.3 is 13.7 Å². The van der Waals surface area contributed by atoms with Gasteiger partial charge in [-0.3, -0.25) is 0 Å². The molecule has 3 aromatic carbocycles. The van der Waals surface area contributed by atoms with E-state index in [-0.39, 0.29) is 0 Å². The number of piperidine rings is 1. The highest BCUT2D eigenvalue weighted by atomic mass is 31.2. The normalized spacial score (nSPS) is 14.2. The van der Waals surface area contributed by atoms with E-state index in [2.05, 4.69) is 95.9 Å². The van der Waals surface area contributed by atoms with Gasteiger partial charge >= 0.3 is 0 Å². The maximum atomic E-state index is 6.62. The van der Waals surface area contributed by atoms with Crippen LogP contribution in [0.4, 0.5) is 5.88 Å². The van der Waals surface area contributed by atoms with Crippen LogP contribution in [0.25, 0.3) is 11.7 Å². The summed E-state index contributed by atoms with van der Waals surface area (Å²) in [6, 6.07) is 36.3. The van der Waals surface area contributed by atoms with Crippen molar-refractivity contribution in [2.75, 3.05) is 18.0 Å². The van der Waals surface area contributed by atoms with Gasteiger partial charge in [0.25, 0.3) is 17.2 Å². The van der Waals surface area contributed by atoms with E-state index in [1.807, 2.05) is 12.1 Å². The van der Waals surface area contributed by atoms with Crippen molar-refractivity contribution in [2.45, 2.75) is 19.3 Å². The zero-order valence-corrected chi connectivity index (χ0v) is 20.5. The van der Waals surface area contributed by atoms with Gasteiger partial charge in [0.15, 0.2) is 13.0 Å². The smallest absolute Gasteiger partial charge is 0.268 e. The lowest BCUT2D eigenvalue weighted by Gasteiger charge is -2.30. The third kappa shape index (κ3) is 3.88. The summed E-state index contributed by atoms with van der Waals surface area (Å²) >= 11 is 0. The van der Waals surface area contributed by atoms with Gasteiger partial charge in [-0.15, -0.1) is 0 Å². The molecular weight excluding hydrogens is 451 g/mol. The fourth-order valence-corrected chi connectivity index (χ4v) is 9.30. The van der Waals surface area contributed by atoms with E-state index in [9.17, 15) is 0 Å². The van der Waals surface area contributed by atoms with E-state index in [4.69, 9.17) is 13.8 Å². The molecular formula is C30H28N2O2P+. The number of furan rings is 1. The quantitative estimate of drug-likeness (QED) is 0.300. The molecule has 0 amide bonds. The summed E-state index contributed by atoms with van der Waals surface area (Å²) in [5.74, 6) is 2.07. The number of nitrogens with zero attached hydrogens (tertiary/aromatic N) is 2. The number of hydrogen-bond acceptors (Lipinski definition) is 4. The summed E-state index contributed by atoms with van der Waals surface area (Å²) in [6.45, 7) is 1.94. The Hall–Kier alpha value is -3.62. The van der Waals surface area contributed by atoms with E-state index in [1.165, 1.54) is 22.3 Å². The lowest BCUT2D eigenvalue weighted by molar-refractivity contribution is 0.487. The SMILES string of the molecule is c1ccc([P+](c2ccccc2)(c2ccccc2)c2nc(-c3ccco3)oc2N2CCCCC2)cc1. The Morgan fingerprint density at radius 3 is 1.66 bits per heavy atom. The topological polar surface area (TPSA) is 42.4 Å². The van der Waals surface area contributed by atoms with Crippen LogP contribution in [-0.4, -0.2) is 18.1 Å². The van der Waals surface area contributed by atoms with E-state index in [0.29, 0.717) is 11.7 Å². The lowest BCUT2D eigenvalue weighted by atomic mass is 10.1. The van der Waals surface area contributed by atoms with Crippen molar-refractivity contribution < 1.29 is 8.83 Å². The molecule has 1 aliphatic heterocycles. The molecule has 5 heteroatoms. The third-order valence-corrected chi connectivity index (χ3v) is 10.9. The minimum Gasteiger partial charge on any atom is -0.459 e. The van der Waals surface area contributed by atoms with Crippen molar-refractivity contribution in [2.24, 2.45) is 0 Å². The third-order valence-electron chi connectivity index (χ3n) is 6.72. The average Bonchev–Trinajstić information content (AvgIpc) is 3.63. The number of aromatic nitrogens is 1. The Balaban J connectivity index is 1.71. The maximum Gasteiger partial charge on any atom is 0.268 e. The van der Waals surface area contributed by atoms with Crippen LogP contribution in [0.3, 0.4) is 0 Å². The zero-order valence-electron chi connectivity index (χ0n) is 19.6. The second kappa shape index (κ2) is 9.56. The molecule has 0 spiro atoms. The first-order valence-corrected chi connectivity index (χ1v) is 14.0. The number of rotatable bonds is 6. The summed E-state index contributed by atoms with van der Waals surface area (Å²) in [6.07, 6.45) is 5.24. The van der Waals surface area contributed by atoms with Crippen LogP contribution in [0.15, 0.2) is 118 Å². The zero-order chi connectivity index (χ0) is 23.5. The summed E-state index contributed by atoms with van der Waals surface area (Å²) in [5, 5.41) is 3.78. The van der Waals surface area contributed by atoms with E-state index in [0.717, 1.165) is 37.3 Å². The van der Waals surface area contributed by atoms with Gasteiger partial charge in [-0.05, 0) is 67.8 Å². The van der Waals surface area contributed by atoms with E-state index >= 15 is 0 Å². The monoisotopic (exact) mass is 479 g/mol. The molecule has 0 N–H and O–H groups in total. The standard InChI is InChI=1S/C30H28N2O2P/c1-5-14-24(15-6-1)35(25-16-7-2-8-17-25,26-18-9-3-10-19-26)29-30(32-21-11-4-12-22-32)34-28(31-29)27-20-13-23-33-27/h1-3,5-10,13-20,23H,4,11-12,21-22H2/q+1. The molecule has 0 saturated carbocycles. The van der Waals surface area contributed by atoms with E-state index < -0.39 is 7.26 Å². The van der Waals surface area contributed by atoms with Crippen molar-refractivity contribution in [3.8, 4) is 11.7 Å². The molecule has 5 aromatic rings. The first-order valence-electron chi connectivity index (χ1n) is 12.2. The highest BCUT2D eigenvalue weighted by Gasteiger charge is 2.53. The molecule has 0 bridgehead atoms. The van der Waals surface area contributed by atoms with E-state index in [1.54, 1.807) is 6.26 Å². The Morgan fingerprint density at radius 2 is 1.17 bits per heavy atom. The predicted octanol–water partition coefficient (Wildman–Crippen LogP) is 5.54. The van der Waals surface area contributed by atoms with Crippen molar-refractivity contribution in [3.63, 3.8) is 0 Å². The first kappa shape index (κ1) is 21.9. The molecule has 4 nitrogen and oxygen atoms in total. The molecule has 174 valence electrons. The molecule has 1 fully saturated rings. The highest BCUT2D eigenvalue weighted by molar-refractivity contribution is 8.01. The second-order valence-corrected chi connectivity index (χ2v) is 12.2. The second-order valence-electron chi connectivity index (χ2n) is 8.85. The Kier molecular flexibility index (Phi) is 5.98. The molecule has 2 aromatic heterocycles. The average molecular weight is 480 g/mol. The van der Waals surface area contributed by atoms with Crippen LogP contribution < -0.4 is 26.2 Å². The van der Waals surface area contributed by atoms with Gasteiger partial charge in [0.1, 0.15) is 15.9 Å². The number of anilines is 1. The lowest BCUT2D eigenvalue weighted by Crippen LogP contribution is -2.42. The van der Waals surface area contributed by atoms with Crippen LogP contribution in [-0.2, 0) is 0 Å². The van der Waals surface area contributed by atoms with Gasteiger partial charge in [0.2, 0.25) is 0 Å². The number of hydrogen-bond donors (Lipinski definition) is 0. The number of oxazole rings is 1. The molecule has 0 atom stereocenters. The summed E-state index contributed by atoms with van der Waals surface area (Å²) in [7, 11) is -2.38. The van der Waals surface area contributed by atoms with Crippen molar-refractivity contribution in [1.82, 2.24) is 4.98 Å². The van der Waals surface area contributed by atoms with Crippen LogP contribution in [0.5, 0.6) is 0 Å². The minimum atomic E-state index is -2.38.